The second-order valence-corrected chi connectivity index (χ2v) is 8.46. The molecule has 0 unspecified atom stereocenters. The van der Waals surface area contributed by atoms with E-state index in [-0.39, 0.29) is 16.6 Å². The normalized spacial score (nSPS) is 17.5. The zero-order valence-corrected chi connectivity index (χ0v) is 16.4. The summed E-state index contributed by atoms with van der Waals surface area (Å²) in [4.78, 5) is 13.8. The van der Waals surface area contributed by atoms with E-state index >= 15 is 0 Å². The Morgan fingerprint density at radius 2 is 1.77 bits per heavy atom. The Kier molecular flexibility index (Phi) is 6.38. The van der Waals surface area contributed by atoms with Gasteiger partial charge in [-0.25, -0.2) is 0 Å². The molecule has 1 amide bonds. The van der Waals surface area contributed by atoms with Crippen molar-refractivity contribution in [2.24, 2.45) is 0 Å². The highest BCUT2D eigenvalue weighted by molar-refractivity contribution is 8.00. The largest absolute Gasteiger partial charge is 0.381 e. The van der Waals surface area contributed by atoms with Crippen molar-refractivity contribution < 1.29 is 9.53 Å². The molecule has 1 aliphatic heterocycles. The van der Waals surface area contributed by atoms with Crippen LogP contribution in [0, 0.1) is 6.92 Å². The molecule has 1 saturated heterocycles. The first kappa shape index (κ1) is 19.0. The average Bonchev–Trinajstić information content (AvgIpc) is 2.69. The molecule has 1 aliphatic rings. The summed E-state index contributed by atoms with van der Waals surface area (Å²) in [7, 11) is 0. The number of amides is 1. The molecule has 0 aromatic heterocycles. The van der Waals surface area contributed by atoms with Gasteiger partial charge in [-0.15, -0.1) is 11.8 Å². The van der Waals surface area contributed by atoms with E-state index in [0.717, 1.165) is 31.0 Å². The number of carbonyl (C=O) groups is 1. The monoisotopic (exact) mass is 369 g/mol. The van der Waals surface area contributed by atoms with Crippen molar-refractivity contribution in [2.75, 3.05) is 19.8 Å². The minimum absolute atomic E-state index is 0.0244. The highest BCUT2D eigenvalue weighted by Crippen LogP contribution is 2.34. The van der Waals surface area contributed by atoms with Crippen LogP contribution in [0.3, 0.4) is 0 Å². The molecular weight excluding hydrogens is 342 g/mol. The van der Waals surface area contributed by atoms with Crippen molar-refractivity contribution >= 4 is 17.7 Å². The van der Waals surface area contributed by atoms with Crippen LogP contribution in [0.15, 0.2) is 59.5 Å². The van der Waals surface area contributed by atoms with Gasteiger partial charge in [0.2, 0.25) is 5.91 Å². The summed E-state index contributed by atoms with van der Waals surface area (Å²) in [5.41, 5.74) is 2.50. The molecule has 0 radical (unpaired) electrons. The lowest BCUT2D eigenvalue weighted by Crippen LogP contribution is -2.46. The number of thioether (sulfide) groups is 1. The van der Waals surface area contributed by atoms with Gasteiger partial charge in [-0.2, -0.15) is 0 Å². The van der Waals surface area contributed by atoms with Gasteiger partial charge in [0.05, 0.1) is 5.25 Å². The summed E-state index contributed by atoms with van der Waals surface area (Å²) < 4.78 is 5.57. The molecule has 138 valence electrons. The van der Waals surface area contributed by atoms with Gasteiger partial charge in [-0.3, -0.25) is 4.79 Å². The quantitative estimate of drug-likeness (QED) is 0.770. The Morgan fingerprint density at radius 1 is 1.12 bits per heavy atom. The highest BCUT2D eigenvalue weighted by atomic mass is 32.2. The lowest BCUT2D eigenvalue weighted by Gasteiger charge is -2.38. The first-order valence-corrected chi connectivity index (χ1v) is 10.1. The molecule has 2 aromatic rings. The minimum atomic E-state index is -0.120. The van der Waals surface area contributed by atoms with Crippen LogP contribution >= 0.6 is 11.8 Å². The van der Waals surface area contributed by atoms with Crippen LogP contribution in [0.5, 0.6) is 0 Å². The van der Waals surface area contributed by atoms with E-state index < -0.39 is 0 Å². The van der Waals surface area contributed by atoms with Crippen molar-refractivity contribution in [2.45, 2.75) is 42.2 Å². The molecule has 4 heteroatoms. The summed E-state index contributed by atoms with van der Waals surface area (Å²) >= 11 is 1.60. The van der Waals surface area contributed by atoms with E-state index in [4.69, 9.17) is 4.74 Å². The molecule has 1 fully saturated rings. The first-order chi connectivity index (χ1) is 12.6. The number of aryl methyl sites for hydroxylation is 1. The number of nitrogens with one attached hydrogen (secondary N) is 1. The van der Waals surface area contributed by atoms with Gasteiger partial charge >= 0.3 is 0 Å². The van der Waals surface area contributed by atoms with Gasteiger partial charge in [0.1, 0.15) is 0 Å². The number of hydrogen-bond acceptors (Lipinski definition) is 3. The van der Waals surface area contributed by atoms with Gasteiger partial charge < -0.3 is 10.1 Å². The second-order valence-electron chi connectivity index (χ2n) is 7.05. The molecular formula is C22H27NO2S. The summed E-state index contributed by atoms with van der Waals surface area (Å²) in [6, 6.07) is 18.8. The topological polar surface area (TPSA) is 38.3 Å². The Labute approximate surface area is 160 Å². The zero-order valence-electron chi connectivity index (χ0n) is 15.5. The first-order valence-electron chi connectivity index (χ1n) is 9.23. The van der Waals surface area contributed by atoms with Gasteiger partial charge in [0.25, 0.3) is 0 Å². The molecule has 0 aliphatic carbocycles. The van der Waals surface area contributed by atoms with Gasteiger partial charge in [0, 0.05) is 30.1 Å². The average molecular weight is 370 g/mol. The molecule has 3 rings (SSSR count). The van der Waals surface area contributed by atoms with Crippen LogP contribution in [0.25, 0.3) is 0 Å². The van der Waals surface area contributed by atoms with Gasteiger partial charge in [-0.05, 0) is 44.4 Å². The van der Waals surface area contributed by atoms with Gasteiger partial charge in [0.15, 0.2) is 0 Å². The molecule has 26 heavy (non-hydrogen) atoms. The highest BCUT2D eigenvalue weighted by Gasteiger charge is 2.35. The third kappa shape index (κ3) is 4.68. The minimum Gasteiger partial charge on any atom is -0.381 e. The maximum absolute atomic E-state index is 12.7. The molecule has 0 spiro atoms. The number of rotatable bonds is 6. The Bertz CT molecular complexity index is 709. The molecule has 0 saturated carbocycles. The van der Waals surface area contributed by atoms with E-state index in [1.807, 2.05) is 13.0 Å². The third-order valence-electron chi connectivity index (χ3n) is 5.14. The van der Waals surface area contributed by atoms with Crippen LogP contribution in [0.2, 0.25) is 0 Å². The molecule has 1 heterocycles. The summed E-state index contributed by atoms with van der Waals surface area (Å²) in [5.74, 6) is 0.0948. The van der Waals surface area contributed by atoms with Crippen molar-refractivity contribution in [1.82, 2.24) is 5.32 Å². The Balaban J connectivity index is 1.63. The fraction of sp³-hybridized carbons (Fsp3) is 0.409. The number of hydrogen-bond donors (Lipinski definition) is 1. The number of ether oxygens (including phenoxy) is 1. The van der Waals surface area contributed by atoms with Crippen molar-refractivity contribution in [3.05, 3.63) is 65.7 Å². The van der Waals surface area contributed by atoms with Crippen LogP contribution in [0.1, 0.15) is 30.9 Å². The molecule has 1 atom stereocenters. The molecule has 3 nitrogen and oxygen atoms in total. The van der Waals surface area contributed by atoms with Crippen LogP contribution < -0.4 is 5.32 Å². The SMILES string of the molecule is Cc1ccc(S[C@H](C)C(=O)NCC2(c3ccccc3)CCOCC2)cc1. The molecule has 1 N–H and O–H groups in total. The van der Waals surface area contributed by atoms with E-state index in [1.54, 1.807) is 11.8 Å². The Hall–Kier alpha value is -1.78. The van der Waals surface area contributed by atoms with Crippen molar-refractivity contribution in [3.8, 4) is 0 Å². The zero-order chi connectivity index (χ0) is 18.4. The fourth-order valence-corrected chi connectivity index (χ4v) is 4.29. The Morgan fingerprint density at radius 3 is 2.42 bits per heavy atom. The van der Waals surface area contributed by atoms with Crippen LogP contribution in [-0.2, 0) is 14.9 Å². The van der Waals surface area contributed by atoms with Crippen LogP contribution in [0.4, 0.5) is 0 Å². The second kappa shape index (κ2) is 8.74. The van der Waals surface area contributed by atoms with E-state index in [1.165, 1.54) is 11.1 Å². The maximum Gasteiger partial charge on any atom is 0.233 e. The molecule has 2 aromatic carbocycles. The summed E-state index contributed by atoms with van der Waals surface area (Å²) in [6.45, 7) is 6.20. The predicted octanol–water partition coefficient (Wildman–Crippen LogP) is 4.34. The summed E-state index contributed by atoms with van der Waals surface area (Å²) in [5, 5.41) is 3.09. The smallest absolute Gasteiger partial charge is 0.233 e. The van der Waals surface area contributed by atoms with Crippen LogP contribution in [-0.4, -0.2) is 30.9 Å². The van der Waals surface area contributed by atoms with E-state index in [9.17, 15) is 4.79 Å². The molecule has 0 bridgehead atoms. The summed E-state index contributed by atoms with van der Waals surface area (Å²) in [6.07, 6.45) is 1.88. The predicted molar refractivity (Wildman–Crippen MR) is 108 cm³/mol. The van der Waals surface area contributed by atoms with Gasteiger partial charge in [-0.1, -0.05) is 48.0 Å². The van der Waals surface area contributed by atoms with E-state index in [0.29, 0.717) is 6.54 Å². The number of carbonyl (C=O) groups excluding carboxylic acids is 1. The van der Waals surface area contributed by atoms with Crippen molar-refractivity contribution in [1.29, 1.82) is 0 Å². The lowest BCUT2D eigenvalue weighted by atomic mass is 9.74. The number of benzene rings is 2. The standard InChI is InChI=1S/C22H27NO2S/c1-17-8-10-20(11-9-17)26-18(2)21(24)23-16-22(12-14-25-15-13-22)19-6-4-3-5-7-19/h3-11,18H,12-16H2,1-2H3,(H,23,24)/t18-/m1/s1. The van der Waals surface area contributed by atoms with E-state index in [2.05, 4.69) is 60.8 Å². The lowest BCUT2D eigenvalue weighted by molar-refractivity contribution is -0.120. The van der Waals surface area contributed by atoms with Crippen molar-refractivity contribution in [3.63, 3.8) is 0 Å². The third-order valence-corrected chi connectivity index (χ3v) is 6.25. The fourth-order valence-electron chi connectivity index (χ4n) is 3.40. The maximum atomic E-state index is 12.7.